The number of nitrogens with zero attached hydrogens (tertiary/aromatic N) is 1. The highest BCUT2D eigenvalue weighted by Crippen LogP contribution is 2.25. The smallest absolute Gasteiger partial charge is 0.279 e. The third-order valence-corrected chi connectivity index (χ3v) is 4.27. The number of aromatic nitrogens is 2. The van der Waals surface area contributed by atoms with Gasteiger partial charge < -0.3 is 10.3 Å². The van der Waals surface area contributed by atoms with Gasteiger partial charge in [-0.25, -0.2) is 4.98 Å². The van der Waals surface area contributed by atoms with E-state index < -0.39 is 10.0 Å². The second-order valence-corrected chi connectivity index (χ2v) is 6.27. The molecule has 9 heteroatoms. The molecule has 0 aliphatic rings. The van der Waals surface area contributed by atoms with E-state index in [0.29, 0.717) is 11.4 Å². The lowest BCUT2D eigenvalue weighted by Gasteiger charge is -2.09. The van der Waals surface area contributed by atoms with Gasteiger partial charge in [0.15, 0.2) is 5.03 Å². The minimum Gasteiger partial charge on any atom is -0.355 e. The molecule has 3 N–H and O–H groups in total. The lowest BCUT2D eigenvalue weighted by Crippen LogP contribution is -2.19. The number of H-pyrrole nitrogens is 1. The van der Waals surface area contributed by atoms with Gasteiger partial charge in [-0.3, -0.25) is 9.52 Å². The molecule has 1 aromatic carbocycles. The quantitative estimate of drug-likeness (QED) is 0.791. The van der Waals surface area contributed by atoms with E-state index >= 15 is 0 Å². The number of anilines is 1. The molecule has 0 aliphatic carbocycles. The van der Waals surface area contributed by atoms with Crippen molar-refractivity contribution in [3.63, 3.8) is 0 Å². The maximum atomic E-state index is 12.2. The van der Waals surface area contributed by atoms with Gasteiger partial charge in [0.2, 0.25) is 0 Å². The Morgan fingerprint density at radius 3 is 2.67 bits per heavy atom. The van der Waals surface area contributed by atoms with Crippen LogP contribution in [0.4, 0.5) is 5.69 Å². The van der Waals surface area contributed by atoms with Crippen molar-refractivity contribution in [1.29, 1.82) is 0 Å². The Morgan fingerprint density at radius 1 is 1.38 bits per heavy atom. The highest BCUT2D eigenvalue weighted by molar-refractivity contribution is 7.92. The summed E-state index contributed by atoms with van der Waals surface area (Å²) in [4.78, 5) is 18.0. The number of hydrogen-bond acceptors (Lipinski definition) is 4. The lowest BCUT2D eigenvalue weighted by atomic mass is 10.2. The second-order valence-electron chi connectivity index (χ2n) is 4.21. The molecule has 0 bridgehead atoms. The minimum absolute atomic E-state index is 0.0820. The molecule has 112 valence electrons. The number of aromatic amines is 1. The fourth-order valence-electron chi connectivity index (χ4n) is 1.62. The predicted molar refractivity (Wildman–Crippen MR) is 79.0 cm³/mol. The zero-order chi connectivity index (χ0) is 15.6. The Morgan fingerprint density at radius 2 is 2.10 bits per heavy atom. The van der Waals surface area contributed by atoms with Crippen LogP contribution in [0.2, 0.25) is 5.02 Å². The topological polar surface area (TPSA) is 104 Å². The number of benzene rings is 1. The van der Waals surface area contributed by atoms with Crippen LogP contribution in [0.25, 0.3) is 0 Å². The van der Waals surface area contributed by atoms with Gasteiger partial charge in [0.25, 0.3) is 15.9 Å². The van der Waals surface area contributed by atoms with Gasteiger partial charge >= 0.3 is 0 Å². The number of imidazole rings is 1. The monoisotopic (exact) mass is 328 g/mol. The van der Waals surface area contributed by atoms with Crippen molar-refractivity contribution in [3.05, 3.63) is 40.8 Å². The van der Waals surface area contributed by atoms with Gasteiger partial charge in [-0.15, -0.1) is 0 Å². The van der Waals surface area contributed by atoms with Crippen molar-refractivity contribution < 1.29 is 13.2 Å². The second kappa shape index (κ2) is 5.74. The number of carbonyl (C=O) groups is 1. The maximum absolute atomic E-state index is 12.2. The molecule has 1 amide bonds. The summed E-state index contributed by atoms with van der Waals surface area (Å²) in [6.07, 6.45) is 1.20. The van der Waals surface area contributed by atoms with Crippen LogP contribution in [-0.4, -0.2) is 31.3 Å². The van der Waals surface area contributed by atoms with Crippen molar-refractivity contribution in [2.45, 2.75) is 11.9 Å². The number of aryl methyl sites for hydroxylation is 1. The third-order valence-electron chi connectivity index (χ3n) is 2.67. The number of sulfonamides is 1. The molecule has 0 saturated carbocycles. The molecule has 0 radical (unpaired) electrons. The largest absolute Gasteiger partial charge is 0.355 e. The SMILES string of the molecule is CNC(=O)c1ccc(Cl)c(NS(=O)(=O)c2cnc(C)[nH]2)c1. The van der Waals surface area contributed by atoms with Crippen LogP contribution < -0.4 is 10.0 Å². The number of carbonyl (C=O) groups excluding carboxylic acids is 1. The van der Waals surface area contributed by atoms with Gasteiger partial charge in [0, 0.05) is 12.6 Å². The normalized spacial score (nSPS) is 11.2. The maximum Gasteiger partial charge on any atom is 0.279 e. The molecule has 0 atom stereocenters. The Balaban J connectivity index is 2.37. The number of nitrogens with one attached hydrogen (secondary N) is 3. The predicted octanol–water partition coefficient (Wildman–Crippen LogP) is 1.53. The molecule has 2 rings (SSSR count). The molecular weight excluding hydrogens is 316 g/mol. The molecule has 0 aliphatic heterocycles. The van der Waals surface area contributed by atoms with Crippen LogP contribution in [0.3, 0.4) is 0 Å². The molecule has 1 aromatic heterocycles. The zero-order valence-corrected chi connectivity index (χ0v) is 12.8. The summed E-state index contributed by atoms with van der Waals surface area (Å²) in [5.41, 5.74) is 0.408. The molecular formula is C12H13ClN4O3S. The minimum atomic E-state index is -3.85. The fraction of sp³-hybridized carbons (Fsp3) is 0.167. The summed E-state index contributed by atoms with van der Waals surface area (Å²) in [5, 5.41) is 2.55. The summed E-state index contributed by atoms with van der Waals surface area (Å²) in [6, 6.07) is 4.31. The van der Waals surface area contributed by atoms with Crippen molar-refractivity contribution in [1.82, 2.24) is 15.3 Å². The average Bonchev–Trinajstić information content (AvgIpc) is 2.87. The molecule has 21 heavy (non-hydrogen) atoms. The number of halogens is 1. The van der Waals surface area contributed by atoms with Crippen LogP contribution in [-0.2, 0) is 10.0 Å². The van der Waals surface area contributed by atoms with Crippen molar-refractivity contribution in [3.8, 4) is 0 Å². The first kappa shape index (κ1) is 15.3. The van der Waals surface area contributed by atoms with E-state index in [1.165, 1.54) is 31.4 Å². The van der Waals surface area contributed by atoms with E-state index in [1.54, 1.807) is 6.92 Å². The van der Waals surface area contributed by atoms with Gasteiger partial charge in [-0.2, -0.15) is 8.42 Å². The summed E-state index contributed by atoms with van der Waals surface area (Å²) in [6.45, 7) is 1.64. The molecule has 0 fully saturated rings. The first-order valence-corrected chi connectivity index (χ1v) is 7.75. The first-order chi connectivity index (χ1) is 9.83. The van der Waals surface area contributed by atoms with Gasteiger partial charge in [0.05, 0.1) is 16.9 Å². The fourth-order valence-corrected chi connectivity index (χ4v) is 2.89. The first-order valence-electron chi connectivity index (χ1n) is 5.89. The number of rotatable bonds is 4. The summed E-state index contributed by atoms with van der Waals surface area (Å²) >= 11 is 5.96. The molecule has 0 spiro atoms. The molecule has 7 nitrogen and oxygen atoms in total. The molecule has 1 heterocycles. The highest BCUT2D eigenvalue weighted by Gasteiger charge is 2.19. The van der Waals surface area contributed by atoms with E-state index in [1.807, 2.05) is 0 Å². The lowest BCUT2D eigenvalue weighted by molar-refractivity contribution is 0.0963. The van der Waals surface area contributed by atoms with E-state index in [4.69, 9.17) is 11.6 Å². The Kier molecular flexibility index (Phi) is 4.19. The van der Waals surface area contributed by atoms with Gasteiger partial charge in [0.1, 0.15) is 5.82 Å². The van der Waals surface area contributed by atoms with Crippen molar-refractivity contribution in [2.24, 2.45) is 0 Å². The highest BCUT2D eigenvalue weighted by atomic mass is 35.5. The van der Waals surface area contributed by atoms with E-state index in [0.717, 1.165) is 0 Å². The van der Waals surface area contributed by atoms with Crippen molar-refractivity contribution >= 4 is 33.2 Å². The molecule has 0 saturated heterocycles. The third kappa shape index (κ3) is 3.34. The van der Waals surface area contributed by atoms with Crippen molar-refractivity contribution in [2.75, 3.05) is 11.8 Å². The zero-order valence-electron chi connectivity index (χ0n) is 11.3. The summed E-state index contributed by atoms with van der Waals surface area (Å²) in [5.74, 6) is 0.130. The van der Waals surface area contributed by atoms with Gasteiger partial charge in [-0.05, 0) is 25.1 Å². The van der Waals surface area contributed by atoms with Crippen LogP contribution in [0, 0.1) is 6.92 Å². The standard InChI is InChI=1S/C12H13ClN4O3S/c1-7-15-6-11(16-7)21(19,20)17-10-5-8(12(18)14-2)3-4-9(10)13/h3-6,17H,1-2H3,(H,14,18)(H,15,16). The van der Waals surface area contributed by atoms with E-state index in [2.05, 4.69) is 20.0 Å². The summed E-state index contributed by atoms with van der Waals surface area (Å²) in [7, 11) is -2.37. The van der Waals surface area contributed by atoms with Crippen LogP contribution in [0.1, 0.15) is 16.2 Å². The average molecular weight is 329 g/mol. The van der Waals surface area contributed by atoms with Gasteiger partial charge in [-0.1, -0.05) is 11.6 Å². The Hall–Kier alpha value is -2.06. The van der Waals surface area contributed by atoms with E-state index in [-0.39, 0.29) is 21.6 Å². The molecule has 2 aromatic rings. The van der Waals surface area contributed by atoms with E-state index in [9.17, 15) is 13.2 Å². The Bertz CT molecular complexity index is 786. The number of hydrogen-bond donors (Lipinski definition) is 3. The van der Waals surface area contributed by atoms with Crippen LogP contribution in [0.5, 0.6) is 0 Å². The Labute approximate surface area is 126 Å². The molecule has 0 unspecified atom stereocenters. The number of amides is 1. The summed E-state index contributed by atoms with van der Waals surface area (Å²) < 4.78 is 26.7. The van der Waals surface area contributed by atoms with Crippen LogP contribution in [0.15, 0.2) is 29.4 Å². The van der Waals surface area contributed by atoms with Crippen LogP contribution >= 0.6 is 11.6 Å².